The monoisotopic (exact) mass is 373 g/mol. The molecule has 4 rings (SSSR count). The first-order chi connectivity index (χ1) is 13.0. The van der Waals surface area contributed by atoms with Crippen LogP contribution in [0.4, 0.5) is 24.8 Å². The molecule has 1 aromatic carbocycles. The lowest BCUT2D eigenvalue weighted by Crippen LogP contribution is -2.31. The molecule has 3 aromatic rings. The van der Waals surface area contributed by atoms with E-state index in [2.05, 4.69) is 24.8 Å². The first-order valence-electron chi connectivity index (χ1n) is 8.75. The van der Waals surface area contributed by atoms with Gasteiger partial charge in [0.2, 0.25) is 5.95 Å². The van der Waals surface area contributed by atoms with E-state index in [4.69, 9.17) is 0 Å². The fraction of sp³-hybridized carbons (Fsp3) is 0.316. The van der Waals surface area contributed by atoms with E-state index in [1.54, 1.807) is 24.7 Å². The van der Waals surface area contributed by atoms with E-state index in [-0.39, 0.29) is 0 Å². The minimum absolute atomic E-state index is 0.356. The van der Waals surface area contributed by atoms with Gasteiger partial charge in [-0.3, -0.25) is 4.98 Å². The number of halogens is 3. The van der Waals surface area contributed by atoms with Crippen LogP contribution in [0, 0.1) is 0 Å². The Morgan fingerprint density at radius 1 is 0.815 bits per heavy atom. The molecule has 0 N–H and O–H groups in total. The average molecular weight is 373 g/mol. The van der Waals surface area contributed by atoms with Crippen LogP contribution in [-0.4, -0.2) is 41.1 Å². The molecule has 0 spiro atoms. The van der Waals surface area contributed by atoms with Crippen LogP contribution < -0.4 is 9.80 Å². The first-order valence-corrected chi connectivity index (χ1v) is 8.75. The molecular formula is C19H18F3N5. The number of rotatable bonds is 2. The maximum absolute atomic E-state index is 13.0. The van der Waals surface area contributed by atoms with Crippen LogP contribution in [0.15, 0.2) is 48.9 Å². The molecule has 1 saturated heterocycles. The van der Waals surface area contributed by atoms with Gasteiger partial charge in [-0.1, -0.05) is 6.07 Å². The molecule has 0 amide bonds. The number of hydrogen-bond donors (Lipinski definition) is 0. The SMILES string of the molecule is FC(F)(F)c1ccc2c(N3CCCN(c4ncccn4)CC3)ccnc2c1. The number of fused-ring (bicyclic) bond motifs is 1. The molecule has 5 nitrogen and oxygen atoms in total. The summed E-state index contributed by atoms with van der Waals surface area (Å²) in [6.07, 6.45) is 1.55. The van der Waals surface area contributed by atoms with Crippen molar-refractivity contribution >= 4 is 22.5 Å². The molecule has 0 bridgehead atoms. The summed E-state index contributed by atoms with van der Waals surface area (Å²) in [7, 11) is 0. The maximum atomic E-state index is 13.0. The number of benzene rings is 1. The van der Waals surface area contributed by atoms with Crippen molar-refractivity contribution in [2.45, 2.75) is 12.6 Å². The van der Waals surface area contributed by atoms with Crippen LogP contribution in [0.5, 0.6) is 0 Å². The Balaban J connectivity index is 1.61. The molecule has 0 atom stereocenters. The fourth-order valence-corrected chi connectivity index (χ4v) is 3.40. The van der Waals surface area contributed by atoms with Crippen molar-refractivity contribution in [3.63, 3.8) is 0 Å². The summed E-state index contributed by atoms with van der Waals surface area (Å²) >= 11 is 0. The summed E-state index contributed by atoms with van der Waals surface area (Å²) < 4.78 is 38.9. The van der Waals surface area contributed by atoms with Gasteiger partial charge in [0, 0.05) is 55.8 Å². The number of pyridine rings is 1. The van der Waals surface area contributed by atoms with Crippen molar-refractivity contribution in [2.24, 2.45) is 0 Å². The summed E-state index contributed by atoms with van der Waals surface area (Å²) in [5, 5.41) is 0.731. The van der Waals surface area contributed by atoms with Crippen LogP contribution >= 0.6 is 0 Å². The topological polar surface area (TPSA) is 45.2 Å². The second-order valence-electron chi connectivity index (χ2n) is 6.44. The summed E-state index contributed by atoms with van der Waals surface area (Å²) in [6, 6.07) is 7.40. The Kier molecular flexibility index (Phi) is 4.55. The molecule has 1 fully saturated rings. The molecule has 8 heteroatoms. The highest BCUT2D eigenvalue weighted by Gasteiger charge is 2.31. The van der Waals surface area contributed by atoms with Crippen molar-refractivity contribution in [2.75, 3.05) is 36.0 Å². The number of nitrogens with zero attached hydrogens (tertiary/aromatic N) is 5. The Morgan fingerprint density at radius 3 is 2.33 bits per heavy atom. The minimum atomic E-state index is -4.37. The van der Waals surface area contributed by atoms with Crippen LogP contribution in [0.1, 0.15) is 12.0 Å². The van der Waals surface area contributed by atoms with Gasteiger partial charge >= 0.3 is 6.18 Å². The molecule has 0 saturated carbocycles. The lowest BCUT2D eigenvalue weighted by Gasteiger charge is -2.25. The van der Waals surface area contributed by atoms with Crippen molar-refractivity contribution in [3.8, 4) is 0 Å². The zero-order valence-electron chi connectivity index (χ0n) is 14.5. The van der Waals surface area contributed by atoms with E-state index in [9.17, 15) is 13.2 Å². The van der Waals surface area contributed by atoms with Crippen LogP contribution in [0.25, 0.3) is 10.9 Å². The normalized spacial score (nSPS) is 15.8. The smallest absolute Gasteiger partial charge is 0.369 e. The Bertz CT molecular complexity index is 930. The lowest BCUT2D eigenvalue weighted by atomic mass is 10.1. The predicted octanol–water partition coefficient (Wildman–Crippen LogP) is 3.76. The molecule has 0 aliphatic carbocycles. The van der Waals surface area contributed by atoms with E-state index in [0.29, 0.717) is 11.5 Å². The number of aromatic nitrogens is 3. The van der Waals surface area contributed by atoms with Gasteiger partial charge in [-0.15, -0.1) is 0 Å². The highest BCUT2D eigenvalue weighted by molar-refractivity contribution is 5.92. The Morgan fingerprint density at radius 2 is 1.56 bits per heavy atom. The largest absolute Gasteiger partial charge is 0.416 e. The zero-order valence-corrected chi connectivity index (χ0v) is 14.5. The van der Waals surface area contributed by atoms with Crippen LogP contribution in [0.2, 0.25) is 0 Å². The summed E-state index contributed by atoms with van der Waals surface area (Å²) in [5.74, 6) is 0.703. The number of anilines is 2. The van der Waals surface area contributed by atoms with Gasteiger partial charge in [0.25, 0.3) is 0 Å². The molecule has 0 radical (unpaired) electrons. The minimum Gasteiger partial charge on any atom is -0.369 e. The molecule has 0 unspecified atom stereocenters. The Hall–Kier alpha value is -2.90. The quantitative estimate of drug-likeness (QED) is 0.684. The van der Waals surface area contributed by atoms with Crippen molar-refractivity contribution in [3.05, 3.63) is 54.5 Å². The average Bonchev–Trinajstić information content (AvgIpc) is 2.93. The highest BCUT2D eigenvalue weighted by Crippen LogP contribution is 2.33. The second-order valence-corrected chi connectivity index (χ2v) is 6.44. The first kappa shape index (κ1) is 17.5. The number of alkyl halides is 3. The van der Waals surface area contributed by atoms with E-state index in [1.165, 1.54) is 6.07 Å². The van der Waals surface area contributed by atoms with E-state index < -0.39 is 11.7 Å². The molecule has 2 aromatic heterocycles. The van der Waals surface area contributed by atoms with E-state index >= 15 is 0 Å². The van der Waals surface area contributed by atoms with Gasteiger partial charge in [-0.2, -0.15) is 13.2 Å². The number of hydrogen-bond acceptors (Lipinski definition) is 5. The lowest BCUT2D eigenvalue weighted by molar-refractivity contribution is -0.137. The maximum Gasteiger partial charge on any atom is 0.416 e. The van der Waals surface area contributed by atoms with Crippen LogP contribution in [-0.2, 0) is 6.18 Å². The van der Waals surface area contributed by atoms with Crippen molar-refractivity contribution in [1.82, 2.24) is 15.0 Å². The Labute approximate surface area is 154 Å². The third-order valence-corrected chi connectivity index (χ3v) is 4.72. The van der Waals surface area contributed by atoms with Gasteiger partial charge in [0.05, 0.1) is 11.1 Å². The van der Waals surface area contributed by atoms with Gasteiger partial charge in [-0.25, -0.2) is 9.97 Å². The predicted molar refractivity (Wildman–Crippen MR) is 97.8 cm³/mol. The van der Waals surface area contributed by atoms with Crippen LogP contribution in [0.3, 0.4) is 0 Å². The molecule has 1 aliphatic heterocycles. The molecule has 3 heterocycles. The third-order valence-electron chi connectivity index (χ3n) is 4.72. The fourth-order valence-electron chi connectivity index (χ4n) is 3.40. The van der Waals surface area contributed by atoms with E-state index in [1.807, 2.05) is 6.07 Å². The molecule has 27 heavy (non-hydrogen) atoms. The van der Waals surface area contributed by atoms with Gasteiger partial charge in [-0.05, 0) is 30.7 Å². The molecule has 140 valence electrons. The molecule has 1 aliphatic rings. The van der Waals surface area contributed by atoms with Gasteiger partial charge in [0.15, 0.2) is 0 Å². The summed E-state index contributed by atoms with van der Waals surface area (Å²) in [4.78, 5) is 17.1. The van der Waals surface area contributed by atoms with Gasteiger partial charge in [0.1, 0.15) is 0 Å². The molecular weight excluding hydrogens is 355 g/mol. The summed E-state index contributed by atoms with van der Waals surface area (Å²) in [6.45, 7) is 3.12. The van der Waals surface area contributed by atoms with E-state index in [0.717, 1.165) is 55.8 Å². The third kappa shape index (κ3) is 3.65. The second kappa shape index (κ2) is 7.02. The van der Waals surface area contributed by atoms with Crippen molar-refractivity contribution < 1.29 is 13.2 Å². The standard InChI is InChI=1S/C19H18F3N5/c20-19(21,22)14-3-4-15-16(13-14)23-8-5-17(15)26-9-2-10-27(12-11-26)18-24-6-1-7-25-18/h1,3-8,13H,2,9-12H2. The summed E-state index contributed by atoms with van der Waals surface area (Å²) in [5.41, 5.74) is 0.585. The van der Waals surface area contributed by atoms with Gasteiger partial charge < -0.3 is 9.80 Å². The zero-order chi connectivity index (χ0) is 18.9. The van der Waals surface area contributed by atoms with Crippen molar-refractivity contribution in [1.29, 1.82) is 0 Å². The highest BCUT2D eigenvalue weighted by atomic mass is 19.4.